The first-order chi connectivity index (χ1) is 13.5. The second-order valence-corrected chi connectivity index (χ2v) is 8.30. The fourth-order valence-electron chi connectivity index (χ4n) is 3.37. The second-order valence-electron chi connectivity index (χ2n) is 6.38. The summed E-state index contributed by atoms with van der Waals surface area (Å²) in [6.45, 7) is 2.07. The van der Waals surface area contributed by atoms with Gasteiger partial charge in [-0.2, -0.15) is 0 Å². The molecule has 0 N–H and O–H groups in total. The van der Waals surface area contributed by atoms with E-state index < -0.39 is 0 Å². The van der Waals surface area contributed by atoms with E-state index in [1.165, 1.54) is 0 Å². The number of carbonyl (C=O) groups excluding carboxylic acids is 2. The predicted molar refractivity (Wildman–Crippen MR) is 115 cm³/mol. The van der Waals surface area contributed by atoms with Crippen molar-refractivity contribution in [1.29, 1.82) is 0 Å². The molecule has 28 heavy (non-hydrogen) atoms. The highest BCUT2D eigenvalue weighted by atomic mass is 35.5. The van der Waals surface area contributed by atoms with Gasteiger partial charge in [0.15, 0.2) is 5.11 Å². The molecule has 2 fully saturated rings. The number of anilines is 1. The highest BCUT2D eigenvalue weighted by Gasteiger charge is 2.50. The average Bonchev–Trinajstić information content (AvgIpc) is 3.23. The first-order valence-corrected chi connectivity index (χ1v) is 10.6. The highest BCUT2D eigenvalue weighted by molar-refractivity contribution is 7.99. The van der Waals surface area contributed by atoms with Gasteiger partial charge in [-0.15, -0.1) is 11.8 Å². The van der Waals surface area contributed by atoms with Crippen LogP contribution in [0.2, 0.25) is 5.02 Å². The number of nitrogens with zero attached hydrogens (tertiary/aromatic N) is 2. The SMILES string of the molecule is CCOC(=O)c1ccc(N2C(=O)[C@H]3CS[C@H](c4ccc(Cl)cc4)N3C2=S)cc1. The number of hydrogen-bond acceptors (Lipinski definition) is 5. The molecule has 5 nitrogen and oxygen atoms in total. The van der Waals surface area contributed by atoms with Gasteiger partial charge in [0.05, 0.1) is 17.9 Å². The van der Waals surface area contributed by atoms with Gasteiger partial charge in [-0.1, -0.05) is 23.7 Å². The van der Waals surface area contributed by atoms with Gasteiger partial charge in [0, 0.05) is 10.8 Å². The van der Waals surface area contributed by atoms with Crippen molar-refractivity contribution >= 4 is 58.3 Å². The van der Waals surface area contributed by atoms with Crippen molar-refractivity contribution in [2.45, 2.75) is 18.3 Å². The molecule has 2 aliphatic rings. The Kier molecular flexibility index (Phi) is 5.31. The Morgan fingerprint density at radius 1 is 1.21 bits per heavy atom. The molecule has 0 saturated carbocycles. The Morgan fingerprint density at radius 3 is 2.54 bits per heavy atom. The number of amides is 1. The predicted octanol–water partition coefficient (Wildman–Crippen LogP) is 4.26. The summed E-state index contributed by atoms with van der Waals surface area (Å²) in [6, 6.07) is 14.1. The van der Waals surface area contributed by atoms with Gasteiger partial charge < -0.3 is 9.64 Å². The van der Waals surface area contributed by atoms with E-state index in [-0.39, 0.29) is 23.3 Å². The Labute approximate surface area is 177 Å². The van der Waals surface area contributed by atoms with Crippen LogP contribution in [0.1, 0.15) is 28.2 Å². The molecule has 0 aromatic heterocycles. The number of esters is 1. The molecular weight excluding hydrogens is 416 g/mol. The van der Waals surface area contributed by atoms with Crippen molar-refractivity contribution in [2.24, 2.45) is 0 Å². The number of thiocarbonyl (C=S) groups is 1. The topological polar surface area (TPSA) is 49.9 Å². The van der Waals surface area contributed by atoms with Crippen LogP contribution in [0, 0.1) is 0 Å². The molecule has 0 unspecified atom stereocenters. The van der Waals surface area contributed by atoms with E-state index >= 15 is 0 Å². The van der Waals surface area contributed by atoms with Crippen LogP contribution in [0.5, 0.6) is 0 Å². The number of fused-ring (bicyclic) bond motifs is 1. The van der Waals surface area contributed by atoms with Crippen molar-refractivity contribution < 1.29 is 14.3 Å². The quantitative estimate of drug-likeness (QED) is 0.531. The zero-order chi connectivity index (χ0) is 19.8. The van der Waals surface area contributed by atoms with Gasteiger partial charge >= 0.3 is 5.97 Å². The smallest absolute Gasteiger partial charge is 0.338 e. The first kappa shape index (κ1) is 19.2. The van der Waals surface area contributed by atoms with Crippen LogP contribution in [0.15, 0.2) is 48.5 Å². The van der Waals surface area contributed by atoms with Gasteiger partial charge in [-0.25, -0.2) is 4.79 Å². The lowest BCUT2D eigenvalue weighted by atomic mass is 10.2. The third-order valence-electron chi connectivity index (χ3n) is 4.71. The monoisotopic (exact) mass is 432 g/mol. The van der Waals surface area contributed by atoms with Crippen LogP contribution in [0.4, 0.5) is 5.69 Å². The maximum atomic E-state index is 13.0. The number of thioether (sulfide) groups is 1. The molecule has 2 aliphatic heterocycles. The van der Waals surface area contributed by atoms with Crippen molar-refractivity contribution in [3.05, 3.63) is 64.7 Å². The number of benzene rings is 2. The van der Waals surface area contributed by atoms with Crippen molar-refractivity contribution in [1.82, 2.24) is 4.90 Å². The lowest BCUT2D eigenvalue weighted by molar-refractivity contribution is -0.119. The highest BCUT2D eigenvalue weighted by Crippen LogP contribution is 2.46. The molecule has 0 radical (unpaired) electrons. The minimum Gasteiger partial charge on any atom is -0.462 e. The molecule has 2 aromatic carbocycles. The molecule has 2 atom stereocenters. The lowest BCUT2D eigenvalue weighted by Gasteiger charge is -2.25. The van der Waals surface area contributed by atoms with E-state index in [4.69, 9.17) is 28.6 Å². The van der Waals surface area contributed by atoms with Gasteiger partial charge in [0.1, 0.15) is 11.4 Å². The molecule has 2 aromatic rings. The van der Waals surface area contributed by atoms with Crippen molar-refractivity contribution in [3.63, 3.8) is 0 Å². The Bertz CT molecular complexity index is 933. The van der Waals surface area contributed by atoms with E-state index in [0.717, 1.165) is 5.56 Å². The first-order valence-electron chi connectivity index (χ1n) is 8.81. The minimum atomic E-state index is -0.385. The summed E-state index contributed by atoms with van der Waals surface area (Å²) in [7, 11) is 0. The number of rotatable bonds is 4. The zero-order valence-electron chi connectivity index (χ0n) is 15.0. The number of hydrogen-bond donors (Lipinski definition) is 0. The second kappa shape index (κ2) is 7.73. The maximum Gasteiger partial charge on any atom is 0.338 e. The van der Waals surface area contributed by atoms with Crippen molar-refractivity contribution in [3.8, 4) is 0 Å². The van der Waals surface area contributed by atoms with E-state index in [9.17, 15) is 9.59 Å². The van der Waals surface area contributed by atoms with Gasteiger partial charge in [-0.3, -0.25) is 9.69 Å². The number of ether oxygens (including phenoxy) is 1. The molecule has 2 heterocycles. The average molecular weight is 433 g/mol. The number of carbonyl (C=O) groups is 2. The molecule has 0 spiro atoms. The summed E-state index contributed by atoms with van der Waals surface area (Å²) in [4.78, 5) is 28.4. The van der Waals surface area contributed by atoms with Gasteiger partial charge in [-0.05, 0) is 61.1 Å². The normalized spacial score (nSPS) is 21.2. The molecule has 4 rings (SSSR count). The molecule has 2 saturated heterocycles. The summed E-state index contributed by atoms with van der Waals surface area (Å²) in [5.41, 5.74) is 2.15. The van der Waals surface area contributed by atoms with E-state index in [1.807, 2.05) is 29.2 Å². The van der Waals surface area contributed by atoms with Crippen LogP contribution < -0.4 is 4.90 Å². The number of halogens is 1. The molecule has 0 aliphatic carbocycles. The third-order valence-corrected chi connectivity index (χ3v) is 6.68. The fraction of sp³-hybridized carbons (Fsp3) is 0.250. The van der Waals surface area contributed by atoms with Crippen LogP contribution >= 0.6 is 35.6 Å². The Hall–Kier alpha value is -2.09. The summed E-state index contributed by atoms with van der Waals surface area (Å²) in [5.74, 6) is 0.242. The van der Waals surface area contributed by atoms with Crippen LogP contribution in [-0.4, -0.2) is 40.3 Å². The van der Waals surface area contributed by atoms with E-state index in [2.05, 4.69) is 0 Å². The molecule has 8 heteroatoms. The van der Waals surface area contributed by atoms with E-state index in [0.29, 0.717) is 33.7 Å². The minimum absolute atomic E-state index is 0.0254. The fourth-order valence-corrected chi connectivity index (χ4v) is 5.42. The lowest BCUT2D eigenvalue weighted by Crippen LogP contribution is -2.33. The summed E-state index contributed by atoms with van der Waals surface area (Å²) >= 11 is 13.4. The van der Waals surface area contributed by atoms with E-state index in [1.54, 1.807) is 47.9 Å². The van der Waals surface area contributed by atoms with Crippen LogP contribution in [-0.2, 0) is 9.53 Å². The zero-order valence-corrected chi connectivity index (χ0v) is 17.4. The standard InChI is InChI=1S/C20H17ClN2O3S2/c1-2-26-19(25)13-5-9-15(10-6-13)22-17(24)16-11-28-18(23(16)20(22)27)12-3-7-14(21)8-4-12/h3-10,16,18H,2,11H2,1H3/t16-,18-/m1/s1. The summed E-state index contributed by atoms with van der Waals surface area (Å²) in [5, 5.41) is 1.12. The largest absolute Gasteiger partial charge is 0.462 e. The summed E-state index contributed by atoms with van der Waals surface area (Å²) in [6.07, 6.45) is 0. The molecule has 1 amide bonds. The third kappa shape index (κ3) is 3.27. The van der Waals surface area contributed by atoms with Crippen LogP contribution in [0.3, 0.4) is 0 Å². The molecular formula is C20H17ClN2O3S2. The summed E-state index contributed by atoms with van der Waals surface area (Å²) < 4.78 is 5.00. The van der Waals surface area contributed by atoms with Gasteiger partial charge in [0.2, 0.25) is 0 Å². The van der Waals surface area contributed by atoms with Gasteiger partial charge in [0.25, 0.3) is 5.91 Å². The van der Waals surface area contributed by atoms with Crippen molar-refractivity contribution in [2.75, 3.05) is 17.3 Å². The van der Waals surface area contributed by atoms with Crippen LogP contribution in [0.25, 0.3) is 0 Å². The molecule has 0 bridgehead atoms. The maximum absolute atomic E-state index is 13.0. The molecule has 144 valence electrons. The Balaban J connectivity index is 1.59. The Morgan fingerprint density at radius 2 is 1.89 bits per heavy atom.